The maximum absolute atomic E-state index is 5.56. The van der Waals surface area contributed by atoms with E-state index in [0.717, 1.165) is 37.3 Å². The largest absolute Gasteiger partial charge is 0.493 e. The number of hydrogen-bond donors (Lipinski definition) is 0. The first kappa shape index (κ1) is 15.2. The SMILES string of the molecule is COc1ccc([C@@]23CC[C@@H](OC)C=C2N(C)CC3)cc1OC. The third kappa shape index (κ3) is 2.26. The topological polar surface area (TPSA) is 30.9 Å². The van der Waals surface area contributed by atoms with Crippen molar-refractivity contribution in [1.29, 1.82) is 0 Å². The first-order chi connectivity index (χ1) is 10.6. The van der Waals surface area contributed by atoms with E-state index < -0.39 is 0 Å². The summed E-state index contributed by atoms with van der Waals surface area (Å²) in [5, 5.41) is 0. The third-order valence-electron chi connectivity index (χ3n) is 5.21. The van der Waals surface area contributed by atoms with Crippen molar-refractivity contribution in [2.45, 2.75) is 30.8 Å². The number of likely N-dealkylation sites (N-methyl/N-ethyl adjacent to an activating group) is 1. The van der Waals surface area contributed by atoms with Crippen LogP contribution in [0.4, 0.5) is 0 Å². The van der Waals surface area contributed by atoms with Crippen molar-refractivity contribution < 1.29 is 14.2 Å². The number of allylic oxidation sites excluding steroid dienone is 1. The number of nitrogens with zero attached hydrogens (tertiary/aromatic N) is 1. The molecule has 0 amide bonds. The summed E-state index contributed by atoms with van der Waals surface area (Å²) in [6.45, 7) is 1.08. The van der Waals surface area contributed by atoms with Crippen LogP contribution in [0.5, 0.6) is 11.5 Å². The lowest BCUT2D eigenvalue weighted by Gasteiger charge is -2.38. The van der Waals surface area contributed by atoms with E-state index in [1.165, 1.54) is 11.3 Å². The van der Waals surface area contributed by atoms with Crippen LogP contribution in [-0.2, 0) is 10.2 Å². The molecule has 3 rings (SSSR count). The molecule has 4 nitrogen and oxygen atoms in total. The van der Waals surface area contributed by atoms with E-state index in [1.807, 2.05) is 6.07 Å². The van der Waals surface area contributed by atoms with Gasteiger partial charge in [0.2, 0.25) is 0 Å². The van der Waals surface area contributed by atoms with E-state index in [0.29, 0.717) is 0 Å². The molecule has 2 atom stereocenters. The molecule has 0 aromatic heterocycles. The highest BCUT2D eigenvalue weighted by molar-refractivity contribution is 5.49. The molecule has 2 aliphatic rings. The van der Waals surface area contributed by atoms with Crippen molar-refractivity contribution in [3.05, 3.63) is 35.5 Å². The third-order valence-corrected chi connectivity index (χ3v) is 5.21. The zero-order valence-electron chi connectivity index (χ0n) is 13.9. The molecule has 1 aromatic rings. The lowest BCUT2D eigenvalue weighted by molar-refractivity contribution is 0.115. The van der Waals surface area contributed by atoms with Crippen LogP contribution in [0.15, 0.2) is 30.0 Å². The first-order valence-corrected chi connectivity index (χ1v) is 7.83. The molecular weight excluding hydrogens is 278 g/mol. The Hall–Kier alpha value is -1.68. The predicted octanol–water partition coefficient (Wildman–Crippen LogP) is 2.97. The average Bonchev–Trinajstić information content (AvgIpc) is 2.91. The van der Waals surface area contributed by atoms with Gasteiger partial charge in [0.25, 0.3) is 0 Å². The second kappa shape index (κ2) is 5.84. The van der Waals surface area contributed by atoms with Crippen molar-refractivity contribution in [2.75, 3.05) is 34.9 Å². The van der Waals surface area contributed by atoms with Crippen LogP contribution in [0.3, 0.4) is 0 Å². The van der Waals surface area contributed by atoms with E-state index in [1.54, 1.807) is 21.3 Å². The minimum Gasteiger partial charge on any atom is -0.493 e. The molecule has 0 unspecified atom stereocenters. The molecule has 1 fully saturated rings. The Morgan fingerprint density at radius 2 is 1.86 bits per heavy atom. The number of fused-ring (bicyclic) bond motifs is 1. The van der Waals surface area contributed by atoms with E-state index in [4.69, 9.17) is 14.2 Å². The highest BCUT2D eigenvalue weighted by Crippen LogP contribution is 2.50. The Bertz CT molecular complexity index is 584. The van der Waals surface area contributed by atoms with Gasteiger partial charge in [-0.05, 0) is 43.0 Å². The Kier molecular flexibility index (Phi) is 4.04. The molecule has 4 heteroatoms. The molecule has 1 aliphatic carbocycles. The Balaban J connectivity index is 2.06. The van der Waals surface area contributed by atoms with Gasteiger partial charge in [0.15, 0.2) is 11.5 Å². The van der Waals surface area contributed by atoms with Gasteiger partial charge in [0.05, 0.1) is 20.3 Å². The lowest BCUT2D eigenvalue weighted by Crippen LogP contribution is -2.34. The number of rotatable bonds is 4. The van der Waals surface area contributed by atoms with Crippen LogP contribution in [0.1, 0.15) is 24.8 Å². The normalized spacial score (nSPS) is 27.4. The Morgan fingerprint density at radius 1 is 1.09 bits per heavy atom. The lowest BCUT2D eigenvalue weighted by atomic mass is 9.70. The molecule has 1 aliphatic heterocycles. The molecule has 1 aromatic carbocycles. The number of likely N-dealkylation sites (tertiary alicyclic amines) is 1. The van der Waals surface area contributed by atoms with Crippen LogP contribution >= 0.6 is 0 Å². The zero-order valence-corrected chi connectivity index (χ0v) is 13.9. The monoisotopic (exact) mass is 303 g/mol. The van der Waals surface area contributed by atoms with E-state index in [-0.39, 0.29) is 11.5 Å². The van der Waals surface area contributed by atoms with Crippen molar-refractivity contribution in [2.24, 2.45) is 0 Å². The molecule has 0 N–H and O–H groups in total. The summed E-state index contributed by atoms with van der Waals surface area (Å²) in [7, 11) is 7.33. The predicted molar refractivity (Wildman–Crippen MR) is 86.6 cm³/mol. The maximum Gasteiger partial charge on any atom is 0.161 e. The number of methoxy groups -OCH3 is 3. The van der Waals surface area contributed by atoms with Crippen molar-refractivity contribution >= 4 is 0 Å². The summed E-state index contributed by atoms with van der Waals surface area (Å²) >= 11 is 0. The van der Waals surface area contributed by atoms with Gasteiger partial charge in [-0.15, -0.1) is 0 Å². The highest BCUT2D eigenvalue weighted by Gasteiger charge is 2.45. The van der Waals surface area contributed by atoms with Crippen molar-refractivity contribution in [1.82, 2.24) is 4.90 Å². The average molecular weight is 303 g/mol. The summed E-state index contributed by atoms with van der Waals surface area (Å²) in [6, 6.07) is 6.34. The van der Waals surface area contributed by atoms with Gasteiger partial charge >= 0.3 is 0 Å². The van der Waals surface area contributed by atoms with Gasteiger partial charge in [0, 0.05) is 31.8 Å². The molecule has 1 heterocycles. The second-order valence-electron chi connectivity index (χ2n) is 6.19. The standard InChI is InChI=1S/C18H25NO3/c1-19-10-9-18(8-7-14(20-2)12-17(18)19)13-5-6-15(21-3)16(11-13)22-4/h5-6,11-12,14H,7-10H2,1-4H3/t14-,18+/m1/s1. The molecule has 0 radical (unpaired) electrons. The van der Waals surface area contributed by atoms with Crippen LogP contribution < -0.4 is 9.47 Å². The van der Waals surface area contributed by atoms with Crippen molar-refractivity contribution in [3.8, 4) is 11.5 Å². The van der Waals surface area contributed by atoms with Gasteiger partial charge < -0.3 is 19.1 Å². The van der Waals surface area contributed by atoms with Gasteiger partial charge in [-0.25, -0.2) is 0 Å². The van der Waals surface area contributed by atoms with Crippen LogP contribution in [0.25, 0.3) is 0 Å². The maximum atomic E-state index is 5.56. The fraction of sp³-hybridized carbons (Fsp3) is 0.556. The first-order valence-electron chi connectivity index (χ1n) is 7.83. The fourth-order valence-corrected chi connectivity index (χ4v) is 3.92. The van der Waals surface area contributed by atoms with Gasteiger partial charge in [-0.3, -0.25) is 0 Å². The second-order valence-corrected chi connectivity index (χ2v) is 6.19. The van der Waals surface area contributed by atoms with Crippen LogP contribution in [0.2, 0.25) is 0 Å². The van der Waals surface area contributed by atoms with Crippen molar-refractivity contribution in [3.63, 3.8) is 0 Å². The van der Waals surface area contributed by atoms with Crippen LogP contribution in [0, 0.1) is 0 Å². The Morgan fingerprint density at radius 3 is 2.55 bits per heavy atom. The van der Waals surface area contributed by atoms with E-state index in [9.17, 15) is 0 Å². The summed E-state index contributed by atoms with van der Waals surface area (Å²) in [5.41, 5.74) is 2.79. The summed E-state index contributed by atoms with van der Waals surface area (Å²) in [6.07, 6.45) is 5.83. The van der Waals surface area contributed by atoms with Gasteiger partial charge in [-0.2, -0.15) is 0 Å². The van der Waals surface area contributed by atoms with Gasteiger partial charge in [0.1, 0.15) is 0 Å². The summed E-state index contributed by atoms with van der Waals surface area (Å²) < 4.78 is 16.4. The summed E-state index contributed by atoms with van der Waals surface area (Å²) in [5.74, 6) is 1.59. The smallest absolute Gasteiger partial charge is 0.161 e. The highest BCUT2D eigenvalue weighted by atomic mass is 16.5. The molecular formula is C18H25NO3. The van der Waals surface area contributed by atoms with E-state index >= 15 is 0 Å². The molecule has 22 heavy (non-hydrogen) atoms. The molecule has 0 bridgehead atoms. The Labute approximate surface area is 132 Å². The fourth-order valence-electron chi connectivity index (χ4n) is 3.92. The quantitative estimate of drug-likeness (QED) is 0.855. The number of benzene rings is 1. The summed E-state index contributed by atoms with van der Waals surface area (Å²) in [4.78, 5) is 2.36. The molecule has 1 saturated heterocycles. The molecule has 120 valence electrons. The van der Waals surface area contributed by atoms with Gasteiger partial charge in [-0.1, -0.05) is 6.07 Å². The molecule has 0 spiro atoms. The number of ether oxygens (including phenoxy) is 3. The molecule has 0 saturated carbocycles. The van der Waals surface area contributed by atoms with E-state index in [2.05, 4.69) is 30.2 Å². The minimum atomic E-state index is 0.0866. The van der Waals surface area contributed by atoms with Crippen LogP contribution in [-0.4, -0.2) is 45.9 Å². The number of hydrogen-bond acceptors (Lipinski definition) is 4. The zero-order chi connectivity index (χ0) is 15.7. The minimum absolute atomic E-state index is 0.0866.